The Labute approximate surface area is 181 Å². The molecule has 0 bridgehead atoms. The molecule has 2 aliphatic rings. The van der Waals surface area contributed by atoms with Crippen LogP contribution in [0, 0.1) is 0 Å². The Morgan fingerprint density at radius 1 is 1.16 bits per heavy atom. The van der Waals surface area contributed by atoms with Crippen molar-refractivity contribution in [3.8, 4) is 5.75 Å². The molecule has 10 nitrogen and oxygen atoms in total. The Kier molecular flexibility index (Phi) is 8.07. The highest BCUT2D eigenvalue weighted by Crippen LogP contribution is 2.14. The quantitative estimate of drug-likeness (QED) is 0.531. The molecule has 0 saturated carbocycles. The van der Waals surface area contributed by atoms with Crippen LogP contribution in [0.3, 0.4) is 0 Å². The molecule has 2 aliphatic heterocycles. The zero-order valence-corrected chi connectivity index (χ0v) is 18.0. The van der Waals surface area contributed by atoms with Crippen LogP contribution >= 0.6 is 0 Å². The molecule has 2 saturated heterocycles. The van der Waals surface area contributed by atoms with Crippen LogP contribution in [0.5, 0.6) is 5.75 Å². The van der Waals surface area contributed by atoms with Crippen LogP contribution < -0.4 is 15.4 Å². The topological polar surface area (TPSA) is 114 Å². The van der Waals surface area contributed by atoms with Crippen LogP contribution in [0.25, 0.3) is 0 Å². The minimum absolute atomic E-state index is 0.165. The van der Waals surface area contributed by atoms with Gasteiger partial charge < -0.3 is 34.6 Å². The van der Waals surface area contributed by atoms with E-state index in [0.717, 1.165) is 12.1 Å². The monoisotopic (exact) mass is 435 g/mol. The molecule has 3 rings (SSSR count). The summed E-state index contributed by atoms with van der Waals surface area (Å²) in [6, 6.07) is 5.59. The number of nitrogens with zero attached hydrogens (tertiary/aromatic N) is 2. The van der Waals surface area contributed by atoms with Gasteiger partial charge in [0.15, 0.2) is 6.04 Å². The zero-order valence-electron chi connectivity index (χ0n) is 18.0. The number of carbonyl (C=O) groups excluding carboxylic acids is 3. The molecule has 2 heterocycles. The average Bonchev–Trinajstić information content (AvgIpc) is 2.83. The van der Waals surface area contributed by atoms with Crippen LogP contribution in [0.4, 0.5) is 4.79 Å². The van der Waals surface area contributed by atoms with Gasteiger partial charge in [0, 0.05) is 19.5 Å². The van der Waals surface area contributed by atoms with Crippen molar-refractivity contribution >= 4 is 17.9 Å². The predicted molar refractivity (Wildman–Crippen MR) is 111 cm³/mol. The normalized spacial score (nSPS) is 20.0. The van der Waals surface area contributed by atoms with E-state index in [-0.39, 0.29) is 18.4 Å². The molecule has 0 aromatic heterocycles. The third-order valence-electron chi connectivity index (χ3n) is 5.57. The van der Waals surface area contributed by atoms with Gasteiger partial charge >= 0.3 is 12.0 Å². The lowest BCUT2D eigenvalue weighted by molar-refractivity contribution is -0.665. The first kappa shape index (κ1) is 22.8. The van der Waals surface area contributed by atoms with Crippen molar-refractivity contribution in [2.24, 2.45) is 0 Å². The molecule has 0 unspecified atom stereocenters. The van der Waals surface area contributed by atoms with Crippen molar-refractivity contribution in [1.29, 1.82) is 0 Å². The fraction of sp³-hybridized carbons (Fsp3) is 0.571. The number of carbonyl (C=O) groups is 3. The molecule has 170 valence electrons. The molecule has 2 atom stereocenters. The van der Waals surface area contributed by atoms with Crippen molar-refractivity contribution in [3.63, 3.8) is 0 Å². The number of rotatable bonds is 6. The number of urea groups is 1. The van der Waals surface area contributed by atoms with E-state index in [1.54, 1.807) is 29.0 Å². The second-order valence-corrected chi connectivity index (χ2v) is 7.54. The van der Waals surface area contributed by atoms with Crippen LogP contribution in [0.1, 0.15) is 5.56 Å². The van der Waals surface area contributed by atoms with Crippen LogP contribution in [-0.4, -0.2) is 99.9 Å². The average molecular weight is 436 g/mol. The molecule has 3 amide bonds. The first-order valence-corrected chi connectivity index (χ1v) is 10.5. The third kappa shape index (κ3) is 5.86. The second kappa shape index (κ2) is 11.0. The highest BCUT2D eigenvalue weighted by molar-refractivity contribution is 5.90. The second-order valence-electron chi connectivity index (χ2n) is 7.54. The molecule has 0 spiro atoms. The molecule has 10 heteroatoms. The van der Waals surface area contributed by atoms with Crippen LogP contribution in [0.2, 0.25) is 0 Å². The van der Waals surface area contributed by atoms with Gasteiger partial charge in [0.1, 0.15) is 18.3 Å². The summed E-state index contributed by atoms with van der Waals surface area (Å²) in [5.41, 5.74) is 0.855. The number of ether oxygens (including phenoxy) is 3. The molecule has 3 N–H and O–H groups in total. The Hall–Kier alpha value is -2.85. The highest BCUT2D eigenvalue weighted by atomic mass is 16.5. The summed E-state index contributed by atoms with van der Waals surface area (Å²) >= 11 is 0. The molecular formula is C21H31N4O6+. The van der Waals surface area contributed by atoms with Crippen molar-refractivity contribution in [2.75, 3.05) is 60.2 Å². The lowest BCUT2D eigenvalue weighted by Gasteiger charge is -2.38. The summed E-state index contributed by atoms with van der Waals surface area (Å²) in [5, 5.41) is 4.80. The van der Waals surface area contributed by atoms with E-state index < -0.39 is 18.1 Å². The summed E-state index contributed by atoms with van der Waals surface area (Å²) in [5.74, 6) is -0.186. The Morgan fingerprint density at radius 3 is 2.52 bits per heavy atom. The van der Waals surface area contributed by atoms with E-state index >= 15 is 0 Å². The number of methoxy groups -OCH3 is 2. The zero-order chi connectivity index (χ0) is 22.2. The molecule has 1 aromatic rings. The minimum Gasteiger partial charge on any atom is -0.497 e. The number of nitrogens with one attached hydrogen (secondary N) is 1. The SMILES string of the molecule is COC(=O)[C@H](Cc1ccc(OC)cc1)NC(=O)[C@@H]1C[NH2+]CCN1C(=O)N1CCOCC1. The Balaban J connectivity index is 1.69. The number of hydrogen-bond donors (Lipinski definition) is 2. The standard InChI is InChI=1S/C21H30N4O6/c1-29-16-5-3-15(4-6-16)13-17(20(27)30-2)23-19(26)18-14-22-7-8-25(18)21(28)24-9-11-31-12-10-24/h3-6,17-18,22H,7-14H2,1-2H3,(H,23,26)/p+1/t17-,18-/m0/s1. The van der Waals surface area contributed by atoms with E-state index in [2.05, 4.69) is 5.32 Å². The van der Waals surface area contributed by atoms with Crippen LogP contribution in [-0.2, 0) is 25.5 Å². The van der Waals surface area contributed by atoms with E-state index in [0.29, 0.717) is 45.1 Å². The molecule has 0 radical (unpaired) electrons. The van der Waals surface area contributed by atoms with E-state index in [1.165, 1.54) is 7.11 Å². The van der Waals surface area contributed by atoms with Gasteiger partial charge in [-0.2, -0.15) is 0 Å². The fourth-order valence-corrected chi connectivity index (χ4v) is 3.80. The maximum absolute atomic E-state index is 13.1. The molecule has 2 fully saturated rings. The molecule has 1 aromatic carbocycles. The fourth-order valence-electron chi connectivity index (χ4n) is 3.80. The smallest absolute Gasteiger partial charge is 0.328 e. The third-order valence-corrected chi connectivity index (χ3v) is 5.57. The number of morpholine rings is 1. The predicted octanol–water partition coefficient (Wildman–Crippen LogP) is -1.40. The molecular weight excluding hydrogens is 404 g/mol. The summed E-state index contributed by atoms with van der Waals surface area (Å²) in [4.78, 5) is 41.8. The summed E-state index contributed by atoms with van der Waals surface area (Å²) in [7, 11) is 2.87. The number of benzene rings is 1. The van der Waals surface area contributed by atoms with Gasteiger partial charge in [0.05, 0.1) is 40.5 Å². The maximum Gasteiger partial charge on any atom is 0.328 e. The molecule has 0 aliphatic carbocycles. The number of amides is 3. The first-order chi connectivity index (χ1) is 15.0. The number of piperazine rings is 1. The van der Waals surface area contributed by atoms with Gasteiger partial charge in [0.25, 0.3) is 0 Å². The van der Waals surface area contributed by atoms with Crippen molar-refractivity contribution in [3.05, 3.63) is 29.8 Å². The Morgan fingerprint density at radius 2 is 1.87 bits per heavy atom. The Bertz CT molecular complexity index is 766. The van der Waals surface area contributed by atoms with Crippen molar-refractivity contribution in [2.45, 2.75) is 18.5 Å². The lowest BCUT2D eigenvalue weighted by atomic mass is 10.0. The van der Waals surface area contributed by atoms with Gasteiger partial charge in [-0.05, 0) is 17.7 Å². The van der Waals surface area contributed by atoms with Crippen molar-refractivity contribution < 1.29 is 33.9 Å². The summed E-state index contributed by atoms with van der Waals surface area (Å²) in [6.07, 6.45) is 0.274. The van der Waals surface area contributed by atoms with Gasteiger partial charge in [-0.3, -0.25) is 4.79 Å². The number of esters is 1. The number of quaternary nitrogens is 1. The maximum atomic E-state index is 13.1. The lowest BCUT2D eigenvalue weighted by Crippen LogP contribution is -2.93. The number of nitrogens with two attached hydrogens (primary N) is 1. The van der Waals surface area contributed by atoms with Crippen molar-refractivity contribution in [1.82, 2.24) is 15.1 Å². The summed E-state index contributed by atoms with van der Waals surface area (Å²) in [6.45, 7) is 3.65. The first-order valence-electron chi connectivity index (χ1n) is 10.5. The van der Waals surface area contributed by atoms with Gasteiger partial charge in [-0.1, -0.05) is 12.1 Å². The summed E-state index contributed by atoms with van der Waals surface area (Å²) < 4.78 is 15.4. The van der Waals surface area contributed by atoms with Gasteiger partial charge in [0.2, 0.25) is 5.91 Å². The van der Waals surface area contributed by atoms with Gasteiger partial charge in [-0.15, -0.1) is 0 Å². The van der Waals surface area contributed by atoms with E-state index in [4.69, 9.17) is 14.2 Å². The highest BCUT2D eigenvalue weighted by Gasteiger charge is 2.38. The minimum atomic E-state index is -0.854. The van der Waals surface area contributed by atoms with Crippen LogP contribution in [0.15, 0.2) is 24.3 Å². The van der Waals surface area contributed by atoms with Gasteiger partial charge in [-0.25, -0.2) is 9.59 Å². The van der Waals surface area contributed by atoms with E-state index in [1.807, 2.05) is 17.4 Å². The molecule has 31 heavy (non-hydrogen) atoms. The number of hydrogen-bond acceptors (Lipinski definition) is 6. The largest absolute Gasteiger partial charge is 0.497 e. The van der Waals surface area contributed by atoms with E-state index in [9.17, 15) is 14.4 Å².